The van der Waals surface area contributed by atoms with Crippen molar-refractivity contribution in [1.82, 2.24) is 9.97 Å². The molecule has 3 aromatic carbocycles. The van der Waals surface area contributed by atoms with Crippen molar-refractivity contribution in [3.05, 3.63) is 150 Å². The van der Waals surface area contributed by atoms with E-state index >= 15 is 0 Å². The van der Waals surface area contributed by atoms with E-state index in [1.807, 2.05) is 67.0 Å². The van der Waals surface area contributed by atoms with Crippen LogP contribution in [0.5, 0.6) is 17.2 Å². The Labute approximate surface area is 258 Å². The number of aromatic nitrogens is 2. The molecule has 0 saturated carbocycles. The lowest BCUT2D eigenvalue weighted by Crippen LogP contribution is -2.36. The SMILES string of the molecule is COc1ccc(C2=C(c3cccnc3)C(OC)(c3ccc(OC)cc3)C(c3ccc(OC)cc3)=C(c3ccccn3)C2)cc1. The fraction of sp³-hybridized carbons (Fsp3) is 0.158. The van der Waals surface area contributed by atoms with E-state index in [1.165, 1.54) is 0 Å². The quantitative estimate of drug-likeness (QED) is 0.176. The summed E-state index contributed by atoms with van der Waals surface area (Å²) in [5.41, 5.74) is 7.96. The molecular formula is C38H34N2O4. The number of ether oxygens (including phenoxy) is 4. The number of nitrogens with zero attached hydrogens (tertiary/aromatic N) is 2. The summed E-state index contributed by atoms with van der Waals surface area (Å²) in [5.74, 6) is 2.33. The Bertz CT molecular complexity index is 1780. The van der Waals surface area contributed by atoms with Crippen LogP contribution in [0.3, 0.4) is 0 Å². The van der Waals surface area contributed by atoms with Gasteiger partial charge in [-0.1, -0.05) is 48.5 Å². The molecule has 1 aliphatic carbocycles. The molecular weight excluding hydrogens is 548 g/mol. The van der Waals surface area contributed by atoms with Crippen molar-refractivity contribution in [3.8, 4) is 17.2 Å². The summed E-state index contributed by atoms with van der Waals surface area (Å²) >= 11 is 0. The fourth-order valence-corrected chi connectivity index (χ4v) is 6.16. The second-order valence-corrected chi connectivity index (χ2v) is 10.4. The highest BCUT2D eigenvalue weighted by molar-refractivity contribution is 6.13. The summed E-state index contributed by atoms with van der Waals surface area (Å²) < 4.78 is 23.5. The first-order valence-corrected chi connectivity index (χ1v) is 14.4. The van der Waals surface area contributed by atoms with Crippen molar-refractivity contribution >= 4 is 22.3 Å². The van der Waals surface area contributed by atoms with E-state index in [1.54, 1.807) is 34.6 Å². The van der Waals surface area contributed by atoms with Crippen LogP contribution in [0.1, 0.15) is 34.4 Å². The number of rotatable bonds is 9. The smallest absolute Gasteiger partial charge is 0.145 e. The van der Waals surface area contributed by atoms with Crippen LogP contribution in [-0.4, -0.2) is 38.4 Å². The van der Waals surface area contributed by atoms with E-state index in [2.05, 4.69) is 53.5 Å². The van der Waals surface area contributed by atoms with Gasteiger partial charge in [0.15, 0.2) is 0 Å². The van der Waals surface area contributed by atoms with Gasteiger partial charge in [-0.05, 0) is 88.0 Å². The van der Waals surface area contributed by atoms with Crippen molar-refractivity contribution in [1.29, 1.82) is 0 Å². The van der Waals surface area contributed by atoms with E-state index < -0.39 is 5.60 Å². The summed E-state index contributed by atoms with van der Waals surface area (Å²) in [7, 11) is 6.80. The van der Waals surface area contributed by atoms with Gasteiger partial charge in [-0.2, -0.15) is 0 Å². The highest BCUT2D eigenvalue weighted by atomic mass is 16.5. The normalized spacial score (nSPS) is 16.5. The lowest BCUT2D eigenvalue weighted by Gasteiger charge is -2.44. The third kappa shape index (κ3) is 5.14. The average molecular weight is 583 g/mol. The molecule has 0 bridgehead atoms. The van der Waals surface area contributed by atoms with E-state index in [0.717, 1.165) is 67.5 Å². The van der Waals surface area contributed by atoms with Gasteiger partial charge in [-0.25, -0.2) is 0 Å². The molecule has 0 saturated heterocycles. The summed E-state index contributed by atoms with van der Waals surface area (Å²) in [6.07, 6.45) is 6.15. The molecule has 0 N–H and O–H groups in total. The predicted octanol–water partition coefficient (Wildman–Crippen LogP) is 7.97. The Balaban J connectivity index is 1.77. The third-order valence-corrected chi connectivity index (χ3v) is 8.21. The molecule has 2 heterocycles. The van der Waals surface area contributed by atoms with Gasteiger partial charge in [0.05, 0.1) is 27.0 Å². The lowest BCUT2D eigenvalue weighted by molar-refractivity contribution is 0.0901. The van der Waals surface area contributed by atoms with Gasteiger partial charge in [0.25, 0.3) is 0 Å². The maximum absolute atomic E-state index is 6.91. The zero-order valence-corrected chi connectivity index (χ0v) is 25.3. The molecule has 6 heteroatoms. The number of hydrogen-bond acceptors (Lipinski definition) is 6. The molecule has 6 rings (SSSR count). The first-order valence-electron chi connectivity index (χ1n) is 14.4. The Morgan fingerprint density at radius 2 is 1.14 bits per heavy atom. The predicted molar refractivity (Wildman–Crippen MR) is 174 cm³/mol. The first kappa shape index (κ1) is 28.9. The van der Waals surface area contributed by atoms with Gasteiger partial charge in [-0.15, -0.1) is 0 Å². The summed E-state index contributed by atoms with van der Waals surface area (Å²) in [6.45, 7) is 0. The average Bonchev–Trinajstić information content (AvgIpc) is 3.11. The standard InChI is InChI=1S/C38H34N2O4/c1-41-30-16-10-26(11-17-30)33-24-34(35-9-5-6-23-40-35)36(27-12-18-31(42-2)19-13-27)38(44-4,29-14-20-32(43-3)21-15-29)37(33)28-8-7-22-39-25-28/h5-23,25H,24H2,1-4H3. The number of hydrogen-bond donors (Lipinski definition) is 0. The fourth-order valence-electron chi connectivity index (χ4n) is 6.16. The van der Waals surface area contributed by atoms with E-state index in [-0.39, 0.29) is 0 Å². The van der Waals surface area contributed by atoms with Gasteiger partial charge in [0.1, 0.15) is 22.8 Å². The first-order chi connectivity index (χ1) is 21.6. The summed E-state index contributed by atoms with van der Waals surface area (Å²) in [6, 6.07) is 34.6. The summed E-state index contributed by atoms with van der Waals surface area (Å²) in [4.78, 5) is 9.43. The highest BCUT2D eigenvalue weighted by Crippen LogP contribution is 2.59. The third-order valence-electron chi connectivity index (χ3n) is 8.21. The molecule has 0 fully saturated rings. The van der Waals surface area contributed by atoms with Gasteiger partial charge < -0.3 is 18.9 Å². The highest BCUT2D eigenvalue weighted by Gasteiger charge is 2.48. The maximum Gasteiger partial charge on any atom is 0.145 e. The van der Waals surface area contributed by atoms with Gasteiger partial charge >= 0.3 is 0 Å². The Morgan fingerprint density at radius 1 is 0.545 bits per heavy atom. The zero-order valence-electron chi connectivity index (χ0n) is 25.3. The van der Waals surface area contributed by atoms with Crippen molar-refractivity contribution < 1.29 is 18.9 Å². The second-order valence-electron chi connectivity index (χ2n) is 10.4. The van der Waals surface area contributed by atoms with Crippen molar-refractivity contribution in [2.45, 2.75) is 12.0 Å². The van der Waals surface area contributed by atoms with Crippen molar-refractivity contribution in [2.24, 2.45) is 0 Å². The lowest BCUT2D eigenvalue weighted by atomic mass is 9.65. The monoisotopic (exact) mass is 582 g/mol. The number of pyridine rings is 2. The molecule has 0 spiro atoms. The van der Waals surface area contributed by atoms with Crippen LogP contribution < -0.4 is 14.2 Å². The van der Waals surface area contributed by atoms with Crippen molar-refractivity contribution in [3.63, 3.8) is 0 Å². The molecule has 0 radical (unpaired) electrons. The minimum Gasteiger partial charge on any atom is -0.497 e. The molecule has 44 heavy (non-hydrogen) atoms. The zero-order chi connectivity index (χ0) is 30.5. The van der Waals surface area contributed by atoms with Gasteiger partial charge in [0.2, 0.25) is 0 Å². The number of methoxy groups -OCH3 is 4. The molecule has 5 aromatic rings. The Kier molecular flexibility index (Phi) is 8.26. The molecule has 0 amide bonds. The van der Waals surface area contributed by atoms with E-state index in [9.17, 15) is 0 Å². The Hall–Kier alpha value is -5.20. The minimum atomic E-state index is -1.07. The Morgan fingerprint density at radius 3 is 1.66 bits per heavy atom. The van der Waals surface area contributed by atoms with Crippen LogP contribution in [0.25, 0.3) is 22.3 Å². The van der Waals surface area contributed by atoms with E-state index in [4.69, 9.17) is 23.9 Å². The molecule has 6 nitrogen and oxygen atoms in total. The van der Waals surface area contributed by atoms with Gasteiger partial charge in [0, 0.05) is 43.3 Å². The van der Waals surface area contributed by atoms with Crippen LogP contribution in [0.4, 0.5) is 0 Å². The molecule has 1 atom stereocenters. The number of allylic oxidation sites excluding steroid dienone is 2. The minimum absolute atomic E-state index is 0.607. The molecule has 1 unspecified atom stereocenters. The van der Waals surface area contributed by atoms with E-state index in [0.29, 0.717) is 6.42 Å². The largest absolute Gasteiger partial charge is 0.497 e. The summed E-state index contributed by atoms with van der Waals surface area (Å²) in [5, 5.41) is 0. The second kappa shape index (κ2) is 12.6. The number of benzene rings is 3. The molecule has 2 aromatic heterocycles. The van der Waals surface area contributed by atoms with Crippen LogP contribution in [0.2, 0.25) is 0 Å². The topological polar surface area (TPSA) is 62.7 Å². The van der Waals surface area contributed by atoms with Crippen LogP contribution in [0, 0.1) is 0 Å². The molecule has 1 aliphatic rings. The van der Waals surface area contributed by atoms with Crippen LogP contribution >= 0.6 is 0 Å². The van der Waals surface area contributed by atoms with Gasteiger partial charge in [-0.3, -0.25) is 9.97 Å². The maximum atomic E-state index is 6.91. The molecule has 220 valence electrons. The molecule has 0 aliphatic heterocycles. The van der Waals surface area contributed by atoms with Crippen LogP contribution in [-0.2, 0) is 10.3 Å². The van der Waals surface area contributed by atoms with Crippen molar-refractivity contribution in [2.75, 3.05) is 28.4 Å². The van der Waals surface area contributed by atoms with Crippen LogP contribution in [0.15, 0.2) is 122 Å².